The first-order valence-corrected chi connectivity index (χ1v) is 10.3. The summed E-state index contributed by atoms with van der Waals surface area (Å²) >= 11 is 0. The summed E-state index contributed by atoms with van der Waals surface area (Å²) in [6.45, 7) is 7.68. The lowest BCUT2D eigenvalue weighted by molar-refractivity contribution is -0.144. The predicted octanol–water partition coefficient (Wildman–Crippen LogP) is 4.99. The van der Waals surface area contributed by atoms with Gasteiger partial charge in [-0.2, -0.15) is 5.01 Å². The lowest BCUT2D eigenvalue weighted by atomic mass is 9.67. The van der Waals surface area contributed by atoms with Gasteiger partial charge in [-0.15, -0.1) is 0 Å². The van der Waals surface area contributed by atoms with Crippen LogP contribution >= 0.6 is 0 Å². The van der Waals surface area contributed by atoms with E-state index in [1.807, 2.05) is 26.0 Å². The van der Waals surface area contributed by atoms with Crippen molar-refractivity contribution in [2.45, 2.75) is 54.4 Å². The number of nitrogens with one attached hydrogen (secondary N) is 1. The second-order valence-electron chi connectivity index (χ2n) is 8.43. The van der Waals surface area contributed by atoms with Crippen LogP contribution in [0.25, 0.3) is 0 Å². The van der Waals surface area contributed by atoms with E-state index in [2.05, 4.69) is 12.3 Å². The van der Waals surface area contributed by atoms with Crippen molar-refractivity contribution in [3.8, 4) is 0 Å². The van der Waals surface area contributed by atoms with Crippen molar-refractivity contribution in [1.82, 2.24) is 10.4 Å². The second-order valence-corrected chi connectivity index (χ2v) is 8.43. The average molecular weight is 419 g/mol. The van der Waals surface area contributed by atoms with Crippen molar-refractivity contribution in [2.24, 2.45) is 29.1 Å². The van der Waals surface area contributed by atoms with Crippen LogP contribution in [0.4, 0.5) is 4.39 Å². The molecule has 5 nitrogen and oxygen atoms in total. The van der Waals surface area contributed by atoms with Crippen LogP contribution in [0.2, 0.25) is 0 Å². The Balaban J connectivity index is 0.00000240. The minimum Gasteiger partial charge on any atom is -0.272 e. The molecule has 0 aromatic heterocycles. The van der Waals surface area contributed by atoms with Gasteiger partial charge in [0.05, 0.1) is 11.3 Å². The van der Waals surface area contributed by atoms with Gasteiger partial charge in [0.15, 0.2) is 0 Å². The minimum absolute atomic E-state index is 0. The quantitative estimate of drug-likeness (QED) is 0.501. The summed E-state index contributed by atoms with van der Waals surface area (Å²) in [7, 11) is 0. The van der Waals surface area contributed by atoms with Crippen molar-refractivity contribution in [3.63, 3.8) is 0 Å². The van der Waals surface area contributed by atoms with Gasteiger partial charge in [0.25, 0.3) is 17.7 Å². The Bertz CT molecular complexity index is 842. The summed E-state index contributed by atoms with van der Waals surface area (Å²) < 4.78 is 13.1. The summed E-state index contributed by atoms with van der Waals surface area (Å²) in [4.78, 5) is 38.8. The predicted molar refractivity (Wildman–Crippen MR) is 117 cm³/mol. The maximum absolute atomic E-state index is 13.4. The maximum atomic E-state index is 13.4. The summed E-state index contributed by atoms with van der Waals surface area (Å²) in [6, 6.07) is 4.97. The Labute approximate surface area is 180 Å². The number of rotatable bonds is 7. The van der Waals surface area contributed by atoms with Crippen LogP contribution in [-0.4, -0.2) is 22.7 Å². The average Bonchev–Trinajstić information content (AvgIpc) is 3.44. The summed E-state index contributed by atoms with van der Waals surface area (Å²) in [5.41, 5.74) is 1.72. The van der Waals surface area contributed by atoms with Crippen molar-refractivity contribution >= 4 is 17.7 Å². The van der Waals surface area contributed by atoms with Crippen LogP contribution in [0, 0.1) is 34.9 Å². The minimum atomic E-state index is -0.910. The number of benzene rings is 1. The zero-order chi connectivity index (χ0) is 21.3. The van der Waals surface area contributed by atoms with Gasteiger partial charge in [0, 0.05) is 6.99 Å². The molecule has 2 aliphatic rings. The molecule has 1 saturated carbocycles. The number of nitrogens with zero attached hydrogens (tertiary/aromatic N) is 1. The number of halogens is 1. The third-order valence-corrected chi connectivity index (χ3v) is 6.66. The maximum Gasteiger partial charge on any atom is 0.270 e. The van der Waals surface area contributed by atoms with Gasteiger partial charge in [-0.05, 0) is 62.3 Å². The zero-order valence-corrected chi connectivity index (χ0v) is 17.4. The molecule has 2 fully saturated rings. The molecule has 3 amide bonds. The van der Waals surface area contributed by atoms with E-state index in [1.165, 1.54) is 12.1 Å². The monoisotopic (exact) mass is 418 g/mol. The lowest BCUT2D eigenvalue weighted by Crippen LogP contribution is -2.48. The molecule has 1 saturated heterocycles. The molecule has 1 aromatic rings. The number of imide groups is 1. The highest BCUT2D eigenvalue weighted by Crippen LogP contribution is 2.57. The Kier molecular flexibility index (Phi) is 7.22. The highest BCUT2D eigenvalue weighted by molar-refractivity contribution is 6.09. The standard InChI is InChI=1S/C23H29FN2O3.CH4.H2/c1-5-7-16-13-18(16)19(8-6-2)23(4)14(3)21(28)26(22(23)29)25-20(27)15-9-11-17(24)12-10-15;;/h6,8-12,14,16,18-19H,5,7,13H2,1-4H3,(H,25,27);1H4;1H/b8-6-;;/t14-,16?,18?,19?,23+;;/m1../s1. The molecule has 1 aromatic carbocycles. The van der Waals surface area contributed by atoms with Crippen LogP contribution in [0.5, 0.6) is 0 Å². The first kappa shape index (κ1) is 23.8. The van der Waals surface area contributed by atoms with Crippen LogP contribution in [0.3, 0.4) is 0 Å². The number of hydrazine groups is 1. The fourth-order valence-corrected chi connectivity index (χ4v) is 4.69. The van der Waals surface area contributed by atoms with E-state index in [0.717, 1.165) is 36.4 Å². The van der Waals surface area contributed by atoms with Gasteiger partial charge in [-0.3, -0.25) is 19.8 Å². The smallest absolute Gasteiger partial charge is 0.270 e. The normalized spacial score (nSPS) is 29.1. The van der Waals surface area contributed by atoms with Crippen molar-refractivity contribution in [2.75, 3.05) is 0 Å². The first-order chi connectivity index (χ1) is 13.7. The Morgan fingerprint density at radius 2 is 2.00 bits per heavy atom. The molecule has 0 spiro atoms. The number of hydrogen-bond donors (Lipinski definition) is 1. The van der Waals surface area contributed by atoms with E-state index in [-0.39, 0.29) is 26.2 Å². The number of carbonyl (C=O) groups is 3. The Hall–Kier alpha value is -2.50. The first-order valence-electron chi connectivity index (χ1n) is 10.3. The summed E-state index contributed by atoms with van der Waals surface area (Å²) in [5, 5.41) is 0.865. The summed E-state index contributed by atoms with van der Waals surface area (Å²) in [6.07, 6.45) is 7.28. The molecule has 6 heteroatoms. The molecule has 166 valence electrons. The molecule has 5 atom stereocenters. The lowest BCUT2D eigenvalue weighted by Gasteiger charge is -2.33. The van der Waals surface area contributed by atoms with Gasteiger partial charge in [-0.1, -0.05) is 46.3 Å². The fourth-order valence-electron chi connectivity index (χ4n) is 4.69. The topological polar surface area (TPSA) is 66.5 Å². The Morgan fingerprint density at radius 3 is 2.57 bits per heavy atom. The van der Waals surface area contributed by atoms with Crippen LogP contribution in [-0.2, 0) is 9.59 Å². The molecule has 3 unspecified atom stereocenters. The third-order valence-electron chi connectivity index (χ3n) is 6.66. The van der Waals surface area contributed by atoms with Crippen LogP contribution < -0.4 is 5.43 Å². The van der Waals surface area contributed by atoms with Crippen molar-refractivity contribution in [3.05, 3.63) is 47.8 Å². The van der Waals surface area contributed by atoms with Gasteiger partial charge in [0.1, 0.15) is 5.82 Å². The van der Waals surface area contributed by atoms with E-state index < -0.39 is 29.0 Å². The van der Waals surface area contributed by atoms with E-state index in [9.17, 15) is 18.8 Å². The molecule has 1 N–H and O–H groups in total. The molecule has 1 aliphatic heterocycles. The van der Waals surface area contributed by atoms with E-state index in [1.54, 1.807) is 6.92 Å². The van der Waals surface area contributed by atoms with Crippen molar-refractivity contribution in [1.29, 1.82) is 0 Å². The van der Waals surface area contributed by atoms with E-state index in [4.69, 9.17) is 0 Å². The van der Waals surface area contributed by atoms with Gasteiger partial charge >= 0.3 is 0 Å². The zero-order valence-electron chi connectivity index (χ0n) is 17.4. The van der Waals surface area contributed by atoms with E-state index >= 15 is 0 Å². The van der Waals surface area contributed by atoms with Gasteiger partial charge in [-0.25, -0.2) is 4.39 Å². The van der Waals surface area contributed by atoms with Crippen LogP contribution in [0.15, 0.2) is 36.4 Å². The van der Waals surface area contributed by atoms with Gasteiger partial charge in [0.2, 0.25) is 0 Å². The van der Waals surface area contributed by atoms with Gasteiger partial charge < -0.3 is 0 Å². The highest BCUT2D eigenvalue weighted by Gasteiger charge is 2.62. The third kappa shape index (κ3) is 4.05. The second kappa shape index (κ2) is 9.11. The van der Waals surface area contributed by atoms with Crippen LogP contribution in [0.1, 0.15) is 66.2 Å². The number of amides is 3. The number of allylic oxidation sites excluding steroid dienone is 2. The molecule has 0 radical (unpaired) electrons. The van der Waals surface area contributed by atoms with E-state index in [0.29, 0.717) is 11.8 Å². The molecule has 1 aliphatic carbocycles. The van der Waals surface area contributed by atoms with Crippen molar-refractivity contribution < 1.29 is 20.2 Å². The largest absolute Gasteiger partial charge is 0.272 e. The molecule has 1 heterocycles. The fraction of sp³-hybridized carbons (Fsp3) is 0.542. The highest BCUT2D eigenvalue weighted by atomic mass is 19.1. The molecular formula is C24H35FN2O3. The molecule has 0 bridgehead atoms. The summed E-state index contributed by atoms with van der Waals surface area (Å²) in [5.74, 6) is -1.50. The Morgan fingerprint density at radius 1 is 1.37 bits per heavy atom. The number of carbonyl (C=O) groups excluding carboxylic acids is 3. The SMILES string of the molecule is C.C/C=C\C(C1CC1CCC)[C@@]1(C)C(=O)N(NC(=O)c2ccc(F)cc2)C(=O)[C@H]1C.[HH]. The number of hydrogen-bond acceptors (Lipinski definition) is 3. The molecule has 3 rings (SSSR count). The molecular weight excluding hydrogens is 383 g/mol. The molecule has 30 heavy (non-hydrogen) atoms.